The van der Waals surface area contributed by atoms with E-state index >= 15 is 0 Å². The van der Waals surface area contributed by atoms with E-state index in [9.17, 15) is 39.1 Å². The van der Waals surface area contributed by atoms with Crippen LogP contribution in [0.1, 0.15) is 132 Å². The number of carbonyl (C=O) groups excluding carboxylic acids is 6. The monoisotopic (exact) mass is 1920 g/mol. The third-order valence-corrected chi connectivity index (χ3v) is 27.3. The summed E-state index contributed by atoms with van der Waals surface area (Å²) in [5.74, 6) is 0.768. The Labute approximate surface area is 824 Å². The van der Waals surface area contributed by atoms with Crippen LogP contribution >= 0.6 is 11.6 Å². The highest BCUT2D eigenvalue weighted by molar-refractivity contribution is 6.32. The number of anilines is 10. The van der Waals surface area contributed by atoms with Crippen LogP contribution in [0.2, 0.25) is 5.02 Å². The highest BCUT2D eigenvalue weighted by Gasteiger charge is 2.34. The van der Waals surface area contributed by atoms with Crippen molar-refractivity contribution >= 4 is 158 Å². The molecule has 17 aromatic rings. The smallest absolute Gasteiger partial charge is 0.337 e. The molecule has 24 rings (SSSR count). The van der Waals surface area contributed by atoms with Crippen molar-refractivity contribution in [2.24, 2.45) is 42.3 Å². The largest absolute Gasteiger partial charge is 0.465 e. The minimum atomic E-state index is -0.355. The van der Waals surface area contributed by atoms with E-state index in [1.165, 1.54) is 65.9 Å². The number of amides is 5. The van der Waals surface area contributed by atoms with E-state index < -0.39 is 0 Å². The molecule has 2 fully saturated rings. The summed E-state index contributed by atoms with van der Waals surface area (Å²) in [5.41, 5.74) is 31.3. The van der Waals surface area contributed by atoms with Crippen LogP contribution in [0.15, 0.2) is 207 Å². The van der Waals surface area contributed by atoms with Crippen molar-refractivity contribution in [2.75, 3.05) is 66.9 Å². The summed E-state index contributed by atoms with van der Waals surface area (Å²) >= 11 is 6.39. The number of nitrogens with one attached hydrogen (secondary N) is 10. The first-order valence-electron chi connectivity index (χ1n) is 48.0. The van der Waals surface area contributed by atoms with Gasteiger partial charge in [-0.25, -0.2) is 4.79 Å². The molecule has 10 aromatic carbocycles. The van der Waals surface area contributed by atoms with Gasteiger partial charge in [-0.1, -0.05) is 96.5 Å². The van der Waals surface area contributed by atoms with Crippen molar-refractivity contribution in [1.82, 2.24) is 58.0 Å². The molecule has 11 N–H and O–H groups in total. The molecule has 0 saturated heterocycles. The maximum absolute atomic E-state index is 12.2. The molecular formula is C110H110ClN23O8. The van der Waals surface area contributed by atoms with E-state index in [0.29, 0.717) is 72.3 Å². The highest BCUT2D eigenvalue weighted by atomic mass is 35.5. The molecule has 0 unspecified atom stereocenters. The molecule has 31 nitrogen and oxygen atoms in total. The van der Waals surface area contributed by atoms with Gasteiger partial charge in [0.1, 0.15) is 11.8 Å². The summed E-state index contributed by atoms with van der Waals surface area (Å²) < 4.78 is 18.4. The fourth-order valence-electron chi connectivity index (χ4n) is 20.2. The van der Waals surface area contributed by atoms with Crippen LogP contribution in [-0.4, -0.2) is 143 Å². The number of aliphatic hydroxyl groups excluding tert-OH is 1. The van der Waals surface area contributed by atoms with Gasteiger partial charge in [-0.2, -0.15) is 30.8 Å². The molecule has 7 aliphatic rings. The number of nitrogens with zero attached hydrogens (tertiary/aromatic N) is 13. The van der Waals surface area contributed by atoms with Gasteiger partial charge >= 0.3 is 5.97 Å². The first-order valence-corrected chi connectivity index (χ1v) is 48.4. The molecule has 32 heteroatoms. The van der Waals surface area contributed by atoms with Gasteiger partial charge in [0.2, 0.25) is 29.5 Å². The standard InChI is InChI=1S/C23H24N6O2.C23H23N5O.C22H21N5O.C21H21ClN4O.C21H21N3O3/c1-14-10-21(31)26-19-5-3-4-17(23(19)25-14)15-6-7-20-18(11-15)22(27-29(20)8-9-30)16-12-24-28(2)13-16;1-14-10-21(29)26-19-9-5-8-18(22(19)25-14)20-11-15-6-4-7-17(23(15)28(20)3)16-12-24-27(2)13-16;1-12-9-19(28)25-21-15(11-23)5-7-16(22(21)24-12)14-6-8-18-17(10-14)20(13-3-4-13)26-27(18)2;1-11-7-19(27)24-17-10-14(22)9-15(21(17)23-11)13-5-6-18-16(8-13)20(12-3-4-12)25-26(18)2;1-12-9-19(25)23-17-6-4-5-15(20(17)22-12)16-11-24(2)18-10-13(21(26)27-3)7-8-14(16)18/h3-7,11-14,25,30H,8-10H2,1-2H3,(H,26,31);4-9,11-14,25H,10H2,1-3H3,(H,26,29);5-8,10,12-13,24H,3-4,9H2,1-2H3,(H,25,28);5-6,8-12,23H,3-4,7H2,1-2H3,(H,24,27);4-8,10-12,22H,9H2,1-3H3,(H,23,25)/t2*14-;12-;11-;12-/m11111/s1. The van der Waals surface area contributed by atoms with E-state index in [4.69, 9.17) is 31.6 Å². The first kappa shape index (κ1) is 93.3. The van der Waals surface area contributed by atoms with Crippen molar-refractivity contribution in [3.8, 4) is 84.2 Å². The number of benzene rings is 10. The molecule has 7 aromatic heterocycles. The normalized spacial score (nSPS) is 17.3. The number of aliphatic hydroxyl groups is 1. The third kappa shape index (κ3) is 18.7. The number of aryl methyl sites for hydroxylation is 6. The van der Waals surface area contributed by atoms with Crippen molar-refractivity contribution in [1.29, 1.82) is 5.26 Å². The van der Waals surface area contributed by atoms with Crippen molar-refractivity contribution in [3.05, 3.63) is 234 Å². The Kier molecular flexibility index (Phi) is 25.3. The zero-order valence-electron chi connectivity index (χ0n) is 80.9. The van der Waals surface area contributed by atoms with Gasteiger partial charge < -0.3 is 72.1 Å². The van der Waals surface area contributed by atoms with Crippen LogP contribution in [0.3, 0.4) is 0 Å². The number of hydrogen-bond acceptors (Lipinski definition) is 19. The quantitative estimate of drug-likeness (QED) is 0.0506. The lowest BCUT2D eigenvalue weighted by atomic mass is 9.97. The Morgan fingerprint density at radius 2 is 0.908 bits per heavy atom. The molecule has 0 spiro atoms. The van der Waals surface area contributed by atoms with Crippen LogP contribution in [0, 0.1) is 11.3 Å². The second-order valence-corrected chi connectivity index (χ2v) is 38.6. The number of para-hydroxylation sites is 4. The molecule has 5 atom stereocenters. The summed E-state index contributed by atoms with van der Waals surface area (Å²) in [6, 6.07) is 60.9. The van der Waals surface area contributed by atoms with E-state index in [2.05, 4.69) is 166 Å². The van der Waals surface area contributed by atoms with Crippen LogP contribution in [0.5, 0.6) is 0 Å². The Balaban J connectivity index is 0.000000109. The molecule has 12 heterocycles. The molecule has 0 radical (unpaired) electrons. The van der Waals surface area contributed by atoms with Crippen LogP contribution in [0.4, 0.5) is 56.9 Å². The first-order chi connectivity index (χ1) is 68.5. The number of rotatable bonds is 12. The molecule has 5 amide bonds. The van der Waals surface area contributed by atoms with Gasteiger partial charge in [0.05, 0.1) is 140 Å². The van der Waals surface area contributed by atoms with Gasteiger partial charge in [-0.15, -0.1) is 0 Å². The summed E-state index contributed by atoms with van der Waals surface area (Å²) in [6.45, 7) is 10.5. The summed E-state index contributed by atoms with van der Waals surface area (Å²) in [6.07, 6.45) is 16.6. The van der Waals surface area contributed by atoms with E-state index in [1.54, 1.807) is 23.0 Å². The zero-order valence-corrected chi connectivity index (χ0v) is 81.7. The summed E-state index contributed by atoms with van der Waals surface area (Å²) in [7, 11) is 13.2. The van der Waals surface area contributed by atoms with Crippen molar-refractivity contribution in [3.63, 3.8) is 0 Å². The fourth-order valence-corrected chi connectivity index (χ4v) is 20.4. The second kappa shape index (κ2) is 38.5. The molecular weight excluding hydrogens is 1810 g/mol. The van der Waals surface area contributed by atoms with E-state index in [0.717, 1.165) is 162 Å². The lowest BCUT2D eigenvalue weighted by molar-refractivity contribution is -0.117. The van der Waals surface area contributed by atoms with Crippen LogP contribution in [0.25, 0.3) is 133 Å². The van der Waals surface area contributed by atoms with E-state index in [1.807, 2.05) is 197 Å². The second-order valence-electron chi connectivity index (χ2n) is 38.1. The van der Waals surface area contributed by atoms with Gasteiger partial charge in [-0.05, 0) is 168 Å². The zero-order chi connectivity index (χ0) is 98.9. The highest BCUT2D eigenvalue weighted by Crippen LogP contribution is 2.50. The van der Waals surface area contributed by atoms with Crippen LogP contribution in [-0.2, 0) is 77.5 Å². The lowest BCUT2D eigenvalue weighted by Gasteiger charge is -2.18. The number of hydrogen-bond donors (Lipinski definition) is 11. The number of fused-ring (bicyclic) bond motifs is 10. The minimum absolute atomic E-state index is 0.000646. The number of methoxy groups -OCH3 is 1. The number of esters is 1. The lowest BCUT2D eigenvalue weighted by Crippen LogP contribution is -2.19. The van der Waals surface area contributed by atoms with Crippen LogP contribution < -0.4 is 53.2 Å². The predicted molar refractivity (Wildman–Crippen MR) is 562 cm³/mol. The average molecular weight is 1920 g/mol. The van der Waals surface area contributed by atoms with Crippen molar-refractivity contribution in [2.45, 2.75) is 141 Å². The Morgan fingerprint density at radius 3 is 1.44 bits per heavy atom. The maximum atomic E-state index is 12.2. The Bertz CT molecular complexity index is 8010. The number of carbonyl (C=O) groups is 6. The molecule has 720 valence electrons. The third-order valence-electron chi connectivity index (χ3n) is 27.1. The Morgan fingerprint density at radius 1 is 0.437 bits per heavy atom. The van der Waals surface area contributed by atoms with E-state index in [-0.39, 0.29) is 72.3 Å². The van der Waals surface area contributed by atoms with Gasteiger partial charge in [0.15, 0.2) is 0 Å². The number of ether oxygens (including phenoxy) is 1. The van der Waals surface area contributed by atoms with Gasteiger partial charge in [0.25, 0.3) is 0 Å². The molecule has 5 aliphatic heterocycles. The maximum Gasteiger partial charge on any atom is 0.337 e. The molecule has 2 saturated carbocycles. The Hall–Kier alpha value is -16.3. The summed E-state index contributed by atoms with van der Waals surface area (Å²) in [5, 5.41) is 80.4. The number of aromatic nitrogens is 12. The molecule has 142 heavy (non-hydrogen) atoms. The minimum Gasteiger partial charge on any atom is -0.465 e. The number of nitriles is 1. The number of halogens is 1. The fraction of sp³-hybridized carbons (Fsp3) is 0.273. The SMILES string of the molecule is COC(=O)c1ccc2c(-c3cccc4c3N[C@H](C)CC(=O)N4)cn(C)c2c1.C[C@@H]1CC(=O)Nc2c(C#N)ccc(-c3ccc4c(c3)c(C3CC3)nn4C)c2N1.C[C@@H]1CC(=O)Nc2cc(Cl)cc(-c3ccc4c(c3)c(C3CC3)nn4C)c2N1.C[C@@H]1CC(=O)Nc2cccc(-c3cc4cccc(-c5cnn(C)c5)c4n3C)c2N1.C[C@@H]1CC(=O)Nc2cccc(-c3ccc4c(c3)c(-c3cnn(C)c3)nn4CCO)c2N1. The molecule has 0 bridgehead atoms. The topological polar surface area (TPSA) is 375 Å². The van der Waals surface area contributed by atoms with Crippen molar-refractivity contribution < 1.29 is 38.6 Å². The predicted octanol–water partition coefficient (Wildman–Crippen LogP) is 20.4. The summed E-state index contributed by atoms with van der Waals surface area (Å²) in [4.78, 5) is 72.5. The van der Waals surface area contributed by atoms with Gasteiger partial charge in [0, 0.05) is 223 Å². The van der Waals surface area contributed by atoms with Gasteiger partial charge in [-0.3, -0.25) is 47.4 Å². The average Bonchev–Trinajstić information content (AvgIpc) is 1.64. The molecule has 2 aliphatic carbocycles.